The zero-order valence-electron chi connectivity index (χ0n) is 28.6. The number of nitrogens with zero attached hydrogens (tertiary/aromatic N) is 4. The van der Waals surface area contributed by atoms with Crippen molar-refractivity contribution in [2.75, 3.05) is 19.6 Å². The number of aliphatic hydroxyl groups excluding tert-OH is 1. The van der Waals surface area contributed by atoms with E-state index in [1.54, 1.807) is 59.4 Å². The highest BCUT2D eigenvalue weighted by molar-refractivity contribution is 5.93. The second-order valence-electron chi connectivity index (χ2n) is 13.4. The molecule has 256 valence electrons. The smallest absolute Gasteiger partial charge is 0.272 e. The molecule has 0 aliphatic carbocycles. The molecule has 2 N–H and O–H groups in total. The van der Waals surface area contributed by atoms with Crippen LogP contribution in [0.3, 0.4) is 0 Å². The van der Waals surface area contributed by atoms with Gasteiger partial charge >= 0.3 is 0 Å². The van der Waals surface area contributed by atoms with Crippen LogP contribution in [0.1, 0.15) is 89.7 Å². The molecule has 2 fully saturated rings. The van der Waals surface area contributed by atoms with Gasteiger partial charge in [-0.2, -0.15) is 0 Å². The van der Waals surface area contributed by atoms with Crippen molar-refractivity contribution in [1.29, 1.82) is 0 Å². The number of likely N-dealkylation sites (tertiary alicyclic amines) is 2. The second kappa shape index (κ2) is 15.9. The normalized spacial score (nSPS) is 17.5. The first-order valence-electron chi connectivity index (χ1n) is 16.7. The number of aromatic nitrogens is 2. The zero-order valence-corrected chi connectivity index (χ0v) is 28.6. The third kappa shape index (κ3) is 9.85. The fraction of sp³-hybridized carbons (Fsp3) is 0.317. The predicted molar refractivity (Wildman–Crippen MR) is 189 cm³/mol. The highest BCUT2D eigenvalue weighted by Gasteiger charge is 2.37. The van der Waals surface area contributed by atoms with Crippen molar-refractivity contribution in [3.05, 3.63) is 131 Å². The molecule has 0 radical (unpaired) electrons. The van der Waals surface area contributed by atoms with Crippen molar-refractivity contribution in [1.82, 2.24) is 19.8 Å². The SMILES string of the molecule is CC1(C)CC(O)CCN1C(=O)c1ccc(C#Cc2ccccc2)cn1.CC1(O)CCN(C(=O)c2ccc(C#Cc3cccc(F)c3)cn2)CC1. The Hall–Kier alpha value is -5.35. The van der Waals surface area contributed by atoms with Crippen LogP contribution in [0.15, 0.2) is 91.3 Å². The maximum absolute atomic E-state index is 13.1. The largest absolute Gasteiger partial charge is 0.393 e. The second-order valence-corrected chi connectivity index (χ2v) is 13.4. The first kappa shape index (κ1) is 35.9. The van der Waals surface area contributed by atoms with E-state index in [-0.39, 0.29) is 29.3 Å². The Bertz CT molecular complexity index is 1910. The van der Waals surface area contributed by atoms with Gasteiger partial charge in [-0.3, -0.25) is 9.59 Å². The summed E-state index contributed by atoms with van der Waals surface area (Å²) in [5, 5.41) is 19.8. The van der Waals surface area contributed by atoms with Gasteiger partial charge in [0.15, 0.2) is 0 Å². The Morgan fingerprint density at radius 2 is 1.30 bits per heavy atom. The van der Waals surface area contributed by atoms with E-state index in [1.165, 1.54) is 12.1 Å². The number of piperidine rings is 2. The van der Waals surface area contributed by atoms with Gasteiger partial charge in [0.05, 0.1) is 11.7 Å². The molecule has 2 amide bonds. The van der Waals surface area contributed by atoms with Gasteiger partial charge in [-0.05, 0) is 101 Å². The molecule has 4 aromatic rings. The van der Waals surface area contributed by atoms with Crippen molar-refractivity contribution >= 4 is 11.8 Å². The minimum Gasteiger partial charge on any atom is -0.393 e. The lowest BCUT2D eigenvalue weighted by Crippen LogP contribution is -2.54. The third-order valence-electron chi connectivity index (χ3n) is 8.79. The summed E-state index contributed by atoms with van der Waals surface area (Å²) in [6.45, 7) is 7.34. The molecular formula is C41H41FN4O4. The van der Waals surface area contributed by atoms with E-state index in [1.807, 2.05) is 50.2 Å². The number of hydrogen-bond acceptors (Lipinski definition) is 6. The van der Waals surface area contributed by atoms with Gasteiger partial charge in [0.25, 0.3) is 11.8 Å². The maximum Gasteiger partial charge on any atom is 0.272 e. The van der Waals surface area contributed by atoms with Crippen LogP contribution in [0.4, 0.5) is 4.39 Å². The van der Waals surface area contributed by atoms with Crippen LogP contribution in [-0.4, -0.2) is 78.7 Å². The van der Waals surface area contributed by atoms with Crippen molar-refractivity contribution in [3.63, 3.8) is 0 Å². The molecule has 0 bridgehead atoms. The summed E-state index contributed by atoms with van der Waals surface area (Å²) < 4.78 is 13.1. The van der Waals surface area contributed by atoms with Crippen LogP contribution in [0.5, 0.6) is 0 Å². The van der Waals surface area contributed by atoms with E-state index < -0.39 is 5.60 Å². The number of benzene rings is 2. The number of carbonyl (C=O) groups excluding carboxylic acids is 2. The average molecular weight is 673 g/mol. The molecule has 2 aliphatic rings. The van der Waals surface area contributed by atoms with E-state index in [9.17, 15) is 24.2 Å². The number of amides is 2. The molecule has 50 heavy (non-hydrogen) atoms. The molecule has 0 saturated carbocycles. The van der Waals surface area contributed by atoms with Crippen LogP contribution in [0.25, 0.3) is 0 Å². The molecule has 8 nitrogen and oxygen atoms in total. The number of hydrogen-bond donors (Lipinski definition) is 2. The number of pyridine rings is 2. The molecule has 1 unspecified atom stereocenters. The highest BCUT2D eigenvalue weighted by Crippen LogP contribution is 2.29. The topological polar surface area (TPSA) is 107 Å². The minimum atomic E-state index is -0.694. The molecule has 1 atom stereocenters. The van der Waals surface area contributed by atoms with Gasteiger partial charge in [-0.15, -0.1) is 0 Å². The van der Waals surface area contributed by atoms with Gasteiger partial charge in [0.1, 0.15) is 17.2 Å². The first-order chi connectivity index (χ1) is 23.9. The highest BCUT2D eigenvalue weighted by atomic mass is 19.1. The maximum atomic E-state index is 13.1. The van der Waals surface area contributed by atoms with E-state index in [2.05, 4.69) is 33.6 Å². The lowest BCUT2D eigenvalue weighted by atomic mass is 9.88. The van der Waals surface area contributed by atoms with Gasteiger partial charge in [-0.1, -0.05) is 47.9 Å². The Labute approximate surface area is 293 Å². The van der Waals surface area contributed by atoms with E-state index in [0.717, 1.165) is 11.1 Å². The molecule has 0 spiro atoms. The Morgan fingerprint density at radius 1 is 0.740 bits per heavy atom. The number of halogens is 1. The van der Waals surface area contributed by atoms with Crippen LogP contribution >= 0.6 is 0 Å². The summed E-state index contributed by atoms with van der Waals surface area (Å²) in [5.41, 5.74) is 2.66. The third-order valence-corrected chi connectivity index (χ3v) is 8.79. The quantitative estimate of drug-likeness (QED) is 0.274. The Kier molecular flexibility index (Phi) is 11.4. The van der Waals surface area contributed by atoms with E-state index >= 15 is 0 Å². The number of aliphatic hydroxyl groups is 2. The molecular weight excluding hydrogens is 631 g/mol. The van der Waals surface area contributed by atoms with Crippen molar-refractivity contribution in [2.24, 2.45) is 0 Å². The summed E-state index contributed by atoms with van der Waals surface area (Å²) in [5.74, 6) is 11.3. The molecule has 2 aromatic carbocycles. The minimum absolute atomic E-state index is 0.0977. The van der Waals surface area contributed by atoms with Crippen LogP contribution < -0.4 is 0 Å². The molecule has 9 heteroatoms. The van der Waals surface area contributed by atoms with Crippen LogP contribution in [-0.2, 0) is 0 Å². The standard InChI is InChI=1S/C21H22N2O2.C20H19FN2O2/c1-21(2)14-18(24)12-13-23(21)20(25)19-11-10-17(15-22-19)9-8-16-6-4-3-5-7-16;1-20(25)9-11-23(12-10-20)19(24)18-8-7-16(14-22-18)6-5-15-3-2-4-17(21)13-15/h3-7,10-11,15,18,24H,12-14H2,1-2H3;2-4,7-8,13-14,25H,9-12H2,1H3. The summed E-state index contributed by atoms with van der Waals surface area (Å²) >= 11 is 0. The van der Waals surface area contributed by atoms with Crippen LogP contribution in [0, 0.1) is 29.5 Å². The molecule has 6 rings (SSSR count). The fourth-order valence-corrected chi connectivity index (χ4v) is 5.80. The first-order valence-corrected chi connectivity index (χ1v) is 16.7. The van der Waals surface area contributed by atoms with E-state index in [4.69, 9.17) is 0 Å². The van der Waals surface area contributed by atoms with Crippen LogP contribution in [0.2, 0.25) is 0 Å². The average Bonchev–Trinajstić information content (AvgIpc) is 3.10. The molecule has 2 saturated heterocycles. The summed E-state index contributed by atoms with van der Waals surface area (Å²) in [4.78, 5) is 37.2. The fourth-order valence-electron chi connectivity index (χ4n) is 5.80. The van der Waals surface area contributed by atoms with Crippen molar-refractivity contribution in [2.45, 2.75) is 63.7 Å². The lowest BCUT2D eigenvalue weighted by molar-refractivity contribution is -0.00237. The van der Waals surface area contributed by atoms with Gasteiger partial charge in [-0.25, -0.2) is 14.4 Å². The number of rotatable bonds is 2. The molecule has 2 aromatic heterocycles. The summed E-state index contributed by atoms with van der Waals surface area (Å²) in [6, 6.07) is 22.7. The monoisotopic (exact) mass is 672 g/mol. The zero-order chi connectivity index (χ0) is 35.7. The summed E-state index contributed by atoms with van der Waals surface area (Å²) in [7, 11) is 0. The van der Waals surface area contributed by atoms with Gasteiger partial charge < -0.3 is 20.0 Å². The molecule has 2 aliphatic heterocycles. The van der Waals surface area contributed by atoms with E-state index in [0.29, 0.717) is 67.8 Å². The van der Waals surface area contributed by atoms with Gasteiger partial charge in [0, 0.05) is 59.8 Å². The van der Waals surface area contributed by atoms with Gasteiger partial charge in [0.2, 0.25) is 0 Å². The van der Waals surface area contributed by atoms with Crippen molar-refractivity contribution in [3.8, 4) is 23.7 Å². The lowest BCUT2D eigenvalue weighted by Gasteiger charge is -2.44. The number of carbonyl (C=O) groups is 2. The van der Waals surface area contributed by atoms with Crippen molar-refractivity contribution < 1.29 is 24.2 Å². The Balaban J connectivity index is 0.000000194. The summed E-state index contributed by atoms with van der Waals surface area (Å²) in [6.07, 6.45) is 5.15. The predicted octanol–water partition coefficient (Wildman–Crippen LogP) is 5.46. The Morgan fingerprint density at radius 3 is 1.86 bits per heavy atom. The molecule has 4 heterocycles.